The van der Waals surface area contributed by atoms with Gasteiger partial charge in [0.1, 0.15) is 16.9 Å². The van der Waals surface area contributed by atoms with Gasteiger partial charge in [0.05, 0.1) is 14.2 Å². The predicted octanol–water partition coefficient (Wildman–Crippen LogP) is 1.47. The number of methoxy groups -OCH3 is 2. The molecule has 15 heavy (non-hydrogen) atoms. The minimum Gasteiger partial charge on any atom is -0.497 e. The fourth-order valence-electron chi connectivity index (χ4n) is 1.18. The van der Waals surface area contributed by atoms with Gasteiger partial charge < -0.3 is 15.2 Å². The smallest absolute Gasteiger partial charge is 0.240 e. The molecule has 0 saturated heterocycles. The summed E-state index contributed by atoms with van der Waals surface area (Å²) in [5.74, 6) is 0.497. The van der Waals surface area contributed by atoms with Crippen LogP contribution in [0.3, 0.4) is 0 Å². The Hall–Kier alpha value is -1.42. The predicted molar refractivity (Wildman–Crippen MR) is 57.3 cm³/mol. The van der Waals surface area contributed by atoms with E-state index in [1.807, 2.05) is 0 Å². The molecule has 1 atom stereocenters. The van der Waals surface area contributed by atoms with Crippen LogP contribution in [0, 0.1) is 0 Å². The third kappa shape index (κ3) is 2.53. The van der Waals surface area contributed by atoms with Crippen LogP contribution >= 0.6 is 11.6 Å². The van der Waals surface area contributed by atoms with Gasteiger partial charge in [-0.15, -0.1) is 11.6 Å². The summed E-state index contributed by atoms with van der Waals surface area (Å²) in [5.41, 5.74) is 5.64. The number of alkyl halides is 1. The van der Waals surface area contributed by atoms with Crippen molar-refractivity contribution >= 4 is 17.5 Å². The van der Waals surface area contributed by atoms with Crippen molar-refractivity contribution in [2.75, 3.05) is 14.2 Å². The molecule has 1 rings (SSSR count). The number of ether oxygens (including phenoxy) is 2. The number of amides is 1. The first-order chi connectivity index (χ1) is 7.10. The number of benzene rings is 1. The highest BCUT2D eigenvalue weighted by Crippen LogP contribution is 2.32. The SMILES string of the molecule is COc1ccc(C(Cl)C(N)=O)c(OC)c1. The van der Waals surface area contributed by atoms with Crippen LogP contribution in [0.5, 0.6) is 11.5 Å². The molecule has 4 nitrogen and oxygen atoms in total. The van der Waals surface area contributed by atoms with Crippen molar-refractivity contribution in [3.8, 4) is 11.5 Å². The molecule has 0 saturated carbocycles. The Morgan fingerprint density at radius 2 is 2.07 bits per heavy atom. The zero-order chi connectivity index (χ0) is 11.4. The molecular formula is C10H12ClNO3. The van der Waals surface area contributed by atoms with Gasteiger partial charge in [-0.3, -0.25) is 4.79 Å². The highest BCUT2D eigenvalue weighted by molar-refractivity contribution is 6.30. The molecule has 1 aromatic carbocycles. The summed E-state index contributed by atoms with van der Waals surface area (Å²) in [6, 6.07) is 4.99. The average Bonchev–Trinajstić information content (AvgIpc) is 2.27. The molecule has 1 unspecified atom stereocenters. The van der Waals surface area contributed by atoms with Crippen LogP contribution in [0.15, 0.2) is 18.2 Å². The Morgan fingerprint density at radius 1 is 1.40 bits per heavy atom. The Balaban J connectivity index is 3.12. The number of rotatable bonds is 4. The number of hydrogen-bond acceptors (Lipinski definition) is 3. The minimum atomic E-state index is -0.897. The van der Waals surface area contributed by atoms with Crippen LogP contribution in [0.2, 0.25) is 0 Å². The molecule has 0 aromatic heterocycles. The lowest BCUT2D eigenvalue weighted by Gasteiger charge is -2.12. The van der Waals surface area contributed by atoms with E-state index in [-0.39, 0.29) is 0 Å². The second-order valence-corrected chi connectivity index (χ2v) is 3.31. The number of carbonyl (C=O) groups excluding carboxylic acids is 1. The van der Waals surface area contributed by atoms with Crippen molar-refractivity contribution in [2.45, 2.75) is 5.38 Å². The molecule has 0 aliphatic rings. The topological polar surface area (TPSA) is 61.5 Å². The monoisotopic (exact) mass is 229 g/mol. The maximum absolute atomic E-state index is 10.9. The van der Waals surface area contributed by atoms with Crippen molar-refractivity contribution in [1.82, 2.24) is 0 Å². The van der Waals surface area contributed by atoms with Gasteiger partial charge in [-0.2, -0.15) is 0 Å². The van der Waals surface area contributed by atoms with E-state index in [0.29, 0.717) is 17.1 Å². The van der Waals surface area contributed by atoms with Gasteiger partial charge in [0.2, 0.25) is 5.91 Å². The third-order valence-corrected chi connectivity index (χ3v) is 2.41. The molecule has 2 N–H and O–H groups in total. The first-order valence-electron chi connectivity index (χ1n) is 4.25. The van der Waals surface area contributed by atoms with Crippen molar-refractivity contribution < 1.29 is 14.3 Å². The largest absolute Gasteiger partial charge is 0.497 e. The number of carbonyl (C=O) groups is 1. The quantitative estimate of drug-likeness (QED) is 0.796. The molecule has 5 heteroatoms. The van der Waals surface area contributed by atoms with E-state index < -0.39 is 11.3 Å². The Morgan fingerprint density at radius 3 is 2.53 bits per heavy atom. The minimum absolute atomic E-state index is 0.480. The Kier molecular flexibility index (Phi) is 3.80. The molecule has 0 spiro atoms. The van der Waals surface area contributed by atoms with E-state index in [0.717, 1.165) is 0 Å². The van der Waals surface area contributed by atoms with E-state index in [9.17, 15) is 4.79 Å². The number of primary amides is 1. The van der Waals surface area contributed by atoms with Gasteiger partial charge in [0.15, 0.2) is 0 Å². The summed E-state index contributed by atoms with van der Waals surface area (Å²) < 4.78 is 10.1. The normalized spacial score (nSPS) is 11.9. The Bertz CT molecular complexity index is 368. The maximum Gasteiger partial charge on any atom is 0.240 e. The zero-order valence-electron chi connectivity index (χ0n) is 8.49. The molecule has 0 aliphatic heterocycles. The van der Waals surface area contributed by atoms with Crippen molar-refractivity contribution in [3.05, 3.63) is 23.8 Å². The third-order valence-electron chi connectivity index (χ3n) is 1.96. The summed E-state index contributed by atoms with van der Waals surface area (Å²) in [6.07, 6.45) is 0. The second kappa shape index (κ2) is 4.89. The summed E-state index contributed by atoms with van der Waals surface area (Å²) in [6.45, 7) is 0. The highest BCUT2D eigenvalue weighted by atomic mass is 35.5. The van der Waals surface area contributed by atoms with Crippen molar-refractivity contribution in [2.24, 2.45) is 5.73 Å². The van der Waals surface area contributed by atoms with Gasteiger partial charge in [-0.05, 0) is 12.1 Å². The highest BCUT2D eigenvalue weighted by Gasteiger charge is 2.19. The van der Waals surface area contributed by atoms with Crippen LogP contribution < -0.4 is 15.2 Å². The average molecular weight is 230 g/mol. The van der Waals surface area contributed by atoms with E-state index in [2.05, 4.69) is 0 Å². The first kappa shape index (κ1) is 11.7. The standard InChI is InChI=1S/C10H12ClNO3/c1-14-6-3-4-7(8(5-6)15-2)9(11)10(12)13/h3-5,9H,1-2H3,(H2,12,13). The number of halogens is 1. The van der Waals surface area contributed by atoms with Crippen LogP contribution in [0.1, 0.15) is 10.9 Å². The molecule has 0 radical (unpaired) electrons. The number of nitrogens with two attached hydrogens (primary N) is 1. The van der Waals surface area contributed by atoms with Gasteiger partial charge >= 0.3 is 0 Å². The first-order valence-corrected chi connectivity index (χ1v) is 4.69. The van der Waals surface area contributed by atoms with Gasteiger partial charge in [-0.25, -0.2) is 0 Å². The van der Waals surface area contributed by atoms with Gasteiger partial charge in [0, 0.05) is 11.6 Å². The molecule has 0 bridgehead atoms. The number of hydrogen-bond donors (Lipinski definition) is 1. The second-order valence-electron chi connectivity index (χ2n) is 2.87. The molecular weight excluding hydrogens is 218 g/mol. The van der Waals surface area contributed by atoms with E-state index in [4.69, 9.17) is 26.8 Å². The molecule has 1 amide bonds. The lowest BCUT2D eigenvalue weighted by Crippen LogP contribution is -2.17. The lowest BCUT2D eigenvalue weighted by atomic mass is 10.1. The van der Waals surface area contributed by atoms with Crippen LogP contribution in [-0.4, -0.2) is 20.1 Å². The molecule has 1 aromatic rings. The summed E-state index contributed by atoms with van der Waals surface area (Å²) in [4.78, 5) is 10.9. The summed E-state index contributed by atoms with van der Waals surface area (Å²) in [7, 11) is 3.03. The summed E-state index contributed by atoms with van der Waals surface area (Å²) in [5, 5.41) is -0.897. The molecule has 82 valence electrons. The van der Waals surface area contributed by atoms with Gasteiger partial charge in [0.25, 0.3) is 0 Å². The van der Waals surface area contributed by atoms with E-state index >= 15 is 0 Å². The fourth-order valence-corrected chi connectivity index (χ4v) is 1.36. The summed E-state index contributed by atoms with van der Waals surface area (Å²) >= 11 is 5.83. The maximum atomic E-state index is 10.9. The van der Waals surface area contributed by atoms with Crippen molar-refractivity contribution in [1.29, 1.82) is 0 Å². The van der Waals surface area contributed by atoms with Crippen LogP contribution in [0.25, 0.3) is 0 Å². The lowest BCUT2D eigenvalue weighted by molar-refractivity contribution is -0.117. The Labute approximate surface area is 92.9 Å². The zero-order valence-corrected chi connectivity index (χ0v) is 9.25. The fraction of sp³-hybridized carbons (Fsp3) is 0.300. The van der Waals surface area contributed by atoms with Crippen molar-refractivity contribution in [3.63, 3.8) is 0 Å². The molecule has 0 fully saturated rings. The van der Waals surface area contributed by atoms with E-state index in [1.165, 1.54) is 7.11 Å². The van der Waals surface area contributed by atoms with Crippen LogP contribution in [-0.2, 0) is 4.79 Å². The van der Waals surface area contributed by atoms with Crippen LogP contribution in [0.4, 0.5) is 0 Å². The van der Waals surface area contributed by atoms with Gasteiger partial charge in [-0.1, -0.05) is 0 Å². The van der Waals surface area contributed by atoms with E-state index in [1.54, 1.807) is 25.3 Å². The molecule has 0 aliphatic carbocycles. The molecule has 0 heterocycles.